The molecule has 0 spiro atoms. The minimum atomic E-state index is -0.611. The molecule has 0 saturated carbocycles. The molecule has 1 saturated heterocycles. The van der Waals surface area contributed by atoms with Gasteiger partial charge in [0.1, 0.15) is 0 Å². The van der Waals surface area contributed by atoms with Gasteiger partial charge in [-0.2, -0.15) is 11.8 Å². The fourth-order valence-corrected chi connectivity index (χ4v) is 3.72. The summed E-state index contributed by atoms with van der Waals surface area (Å²) in [6.07, 6.45) is 4.32. The topological polar surface area (TPSA) is 35.5 Å². The Morgan fingerprint density at radius 2 is 1.95 bits per heavy atom. The largest absolute Gasteiger partial charge is 0.388 e. The number of piperidine rings is 1. The third-order valence-electron chi connectivity index (χ3n) is 4.13. The van der Waals surface area contributed by atoms with Crippen molar-refractivity contribution in [2.75, 3.05) is 31.6 Å². The van der Waals surface area contributed by atoms with Crippen LogP contribution in [0, 0.1) is 0 Å². The molecule has 0 bridgehead atoms. The van der Waals surface area contributed by atoms with Crippen LogP contribution in [-0.4, -0.2) is 53.3 Å². The van der Waals surface area contributed by atoms with Gasteiger partial charge in [0, 0.05) is 29.9 Å². The van der Waals surface area contributed by atoms with Gasteiger partial charge in [0.25, 0.3) is 0 Å². The van der Waals surface area contributed by atoms with Crippen molar-refractivity contribution in [2.45, 2.75) is 38.0 Å². The number of nitrogens with zero attached hydrogens (tertiary/aromatic N) is 1. The van der Waals surface area contributed by atoms with Crippen LogP contribution in [0.15, 0.2) is 24.3 Å². The van der Waals surface area contributed by atoms with Gasteiger partial charge >= 0.3 is 0 Å². The van der Waals surface area contributed by atoms with Crippen LogP contribution in [0.5, 0.6) is 0 Å². The van der Waals surface area contributed by atoms with E-state index in [1.807, 2.05) is 25.3 Å². The Kier molecular flexibility index (Phi) is 7.03. The van der Waals surface area contributed by atoms with E-state index in [2.05, 4.69) is 22.3 Å². The molecule has 0 aromatic heterocycles. The molecule has 124 valence electrons. The maximum Gasteiger partial charge on any atom is 0.0833 e. The lowest BCUT2D eigenvalue weighted by Gasteiger charge is -2.34. The summed E-state index contributed by atoms with van der Waals surface area (Å²) >= 11 is 7.61. The van der Waals surface area contributed by atoms with E-state index in [1.165, 1.54) is 5.56 Å². The summed E-state index contributed by atoms with van der Waals surface area (Å²) in [6, 6.07) is 8.64. The lowest BCUT2D eigenvalue weighted by Crippen LogP contribution is -2.48. The maximum atomic E-state index is 10.2. The number of benzene rings is 1. The van der Waals surface area contributed by atoms with Crippen molar-refractivity contribution in [1.82, 2.24) is 10.2 Å². The first kappa shape index (κ1) is 18.1. The second-order valence-electron chi connectivity index (χ2n) is 6.49. The number of aliphatic hydroxyl groups is 1. The van der Waals surface area contributed by atoms with Gasteiger partial charge in [-0.15, -0.1) is 0 Å². The first-order valence-electron chi connectivity index (χ1n) is 7.90. The van der Waals surface area contributed by atoms with Crippen LogP contribution in [0.2, 0.25) is 5.02 Å². The van der Waals surface area contributed by atoms with Crippen molar-refractivity contribution in [3.05, 3.63) is 34.9 Å². The maximum absolute atomic E-state index is 10.2. The first-order valence-corrected chi connectivity index (χ1v) is 9.67. The lowest BCUT2D eigenvalue weighted by atomic mass is 10.0. The second kappa shape index (κ2) is 8.55. The number of nitrogens with one attached hydrogen (secondary N) is 1. The fourth-order valence-electron chi connectivity index (χ4n) is 2.87. The molecule has 1 atom stereocenters. The molecule has 0 radical (unpaired) electrons. The third-order valence-corrected chi connectivity index (χ3v) is 5.30. The smallest absolute Gasteiger partial charge is 0.0833 e. The zero-order valence-corrected chi connectivity index (χ0v) is 15.1. The molecule has 1 aromatic rings. The molecule has 5 heteroatoms. The molecule has 1 aliphatic heterocycles. The predicted octanol–water partition coefficient (Wildman–Crippen LogP) is 3.01. The standard InChI is InChI=1S/C17H27ClN2OS/c1-17(21,13-22-2)12-19-16-7-9-20(10-8-16)11-14-3-5-15(18)6-4-14/h3-6,16,19,21H,7-13H2,1-2H3/t17-/m1/s1. The van der Waals surface area contributed by atoms with E-state index in [0.717, 1.165) is 43.3 Å². The second-order valence-corrected chi connectivity index (χ2v) is 7.79. The zero-order chi connectivity index (χ0) is 16.0. The highest BCUT2D eigenvalue weighted by molar-refractivity contribution is 7.98. The number of rotatable bonds is 7. The van der Waals surface area contributed by atoms with Gasteiger partial charge in [0.05, 0.1) is 5.60 Å². The lowest BCUT2D eigenvalue weighted by molar-refractivity contribution is 0.0761. The minimum absolute atomic E-state index is 0.523. The highest BCUT2D eigenvalue weighted by Gasteiger charge is 2.24. The van der Waals surface area contributed by atoms with Gasteiger partial charge in [0.15, 0.2) is 0 Å². The van der Waals surface area contributed by atoms with Crippen molar-refractivity contribution in [3.63, 3.8) is 0 Å². The summed E-state index contributed by atoms with van der Waals surface area (Å²) in [7, 11) is 0. The van der Waals surface area contributed by atoms with Gasteiger partial charge in [-0.05, 0) is 56.8 Å². The van der Waals surface area contributed by atoms with Crippen LogP contribution in [0.3, 0.4) is 0 Å². The van der Waals surface area contributed by atoms with Gasteiger partial charge in [-0.1, -0.05) is 23.7 Å². The number of thioether (sulfide) groups is 1. The zero-order valence-electron chi connectivity index (χ0n) is 13.5. The Morgan fingerprint density at radius 1 is 1.32 bits per heavy atom. The Bertz CT molecular complexity index is 444. The molecule has 1 aliphatic rings. The molecule has 2 N–H and O–H groups in total. The Labute approximate surface area is 143 Å². The quantitative estimate of drug-likeness (QED) is 0.798. The summed E-state index contributed by atoms with van der Waals surface area (Å²) in [5, 5.41) is 14.5. The number of likely N-dealkylation sites (tertiary alicyclic amines) is 1. The highest BCUT2D eigenvalue weighted by atomic mass is 35.5. The van der Waals surface area contributed by atoms with Crippen LogP contribution in [0.1, 0.15) is 25.3 Å². The Balaban J connectivity index is 1.70. The molecule has 3 nitrogen and oxygen atoms in total. The van der Waals surface area contributed by atoms with Crippen molar-refractivity contribution >= 4 is 23.4 Å². The van der Waals surface area contributed by atoms with E-state index in [-0.39, 0.29) is 0 Å². The van der Waals surface area contributed by atoms with Crippen molar-refractivity contribution in [1.29, 1.82) is 0 Å². The summed E-state index contributed by atoms with van der Waals surface area (Å²) in [5.74, 6) is 0.773. The van der Waals surface area contributed by atoms with Crippen LogP contribution in [-0.2, 0) is 6.54 Å². The number of hydrogen-bond donors (Lipinski definition) is 2. The summed E-state index contributed by atoms with van der Waals surface area (Å²) in [5.41, 5.74) is 0.707. The summed E-state index contributed by atoms with van der Waals surface area (Å²) in [6.45, 7) is 5.78. The number of halogens is 1. The average molecular weight is 343 g/mol. The summed E-state index contributed by atoms with van der Waals surface area (Å²) < 4.78 is 0. The first-order chi connectivity index (χ1) is 10.5. The van der Waals surface area contributed by atoms with Crippen molar-refractivity contribution in [2.24, 2.45) is 0 Å². The van der Waals surface area contributed by atoms with E-state index in [0.29, 0.717) is 12.6 Å². The van der Waals surface area contributed by atoms with E-state index >= 15 is 0 Å². The molecule has 2 rings (SSSR count). The SMILES string of the molecule is CSC[C@](C)(O)CNC1CCN(Cc2ccc(Cl)cc2)CC1. The molecule has 1 aromatic carbocycles. The molecule has 22 heavy (non-hydrogen) atoms. The van der Waals surface area contributed by atoms with Gasteiger partial charge in [0.2, 0.25) is 0 Å². The van der Waals surface area contributed by atoms with Crippen LogP contribution < -0.4 is 5.32 Å². The van der Waals surface area contributed by atoms with Crippen LogP contribution in [0.25, 0.3) is 0 Å². The predicted molar refractivity (Wildman–Crippen MR) is 96.8 cm³/mol. The Morgan fingerprint density at radius 3 is 2.55 bits per heavy atom. The minimum Gasteiger partial charge on any atom is -0.388 e. The van der Waals surface area contributed by atoms with Gasteiger partial charge in [-0.3, -0.25) is 4.90 Å². The van der Waals surface area contributed by atoms with Gasteiger partial charge in [-0.25, -0.2) is 0 Å². The van der Waals surface area contributed by atoms with Crippen LogP contribution >= 0.6 is 23.4 Å². The molecular weight excluding hydrogens is 316 g/mol. The normalized spacial score (nSPS) is 20.0. The fraction of sp³-hybridized carbons (Fsp3) is 0.647. The van der Waals surface area contributed by atoms with Crippen LogP contribution in [0.4, 0.5) is 0 Å². The average Bonchev–Trinajstić information content (AvgIpc) is 2.49. The molecule has 0 aliphatic carbocycles. The molecule has 1 heterocycles. The van der Waals surface area contributed by atoms with Crippen molar-refractivity contribution in [3.8, 4) is 0 Å². The third kappa shape index (κ3) is 6.09. The molecular formula is C17H27ClN2OS. The summed E-state index contributed by atoms with van der Waals surface area (Å²) in [4.78, 5) is 2.49. The molecule has 1 fully saturated rings. The molecule has 0 unspecified atom stereocenters. The van der Waals surface area contributed by atoms with E-state index in [9.17, 15) is 5.11 Å². The van der Waals surface area contributed by atoms with Crippen molar-refractivity contribution < 1.29 is 5.11 Å². The number of hydrogen-bond acceptors (Lipinski definition) is 4. The molecule has 0 amide bonds. The van der Waals surface area contributed by atoms with E-state index in [1.54, 1.807) is 11.8 Å². The van der Waals surface area contributed by atoms with E-state index < -0.39 is 5.60 Å². The Hall–Kier alpha value is -0.260. The monoisotopic (exact) mass is 342 g/mol. The van der Waals surface area contributed by atoms with Gasteiger partial charge < -0.3 is 10.4 Å². The highest BCUT2D eigenvalue weighted by Crippen LogP contribution is 2.17. The van der Waals surface area contributed by atoms with E-state index in [4.69, 9.17) is 11.6 Å².